The first-order valence-corrected chi connectivity index (χ1v) is 7.49. The molecule has 0 aromatic rings. The summed E-state index contributed by atoms with van der Waals surface area (Å²) < 4.78 is 5.30. The zero-order chi connectivity index (χ0) is 16.9. The first-order valence-electron chi connectivity index (χ1n) is 7.49. The summed E-state index contributed by atoms with van der Waals surface area (Å²) in [7, 11) is 1.73. The number of hydrazine groups is 1. The highest BCUT2D eigenvalue weighted by Gasteiger charge is 2.26. The van der Waals surface area contributed by atoms with Crippen LogP contribution in [0.4, 0.5) is 4.79 Å². The van der Waals surface area contributed by atoms with Crippen LogP contribution >= 0.6 is 0 Å². The molecule has 126 valence electrons. The van der Waals surface area contributed by atoms with E-state index in [0.717, 1.165) is 19.4 Å². The molecule has 0 unspecified atom stereocenters. The van der Waals surface area contributed by atoms with Gasteiger partial charge in [0.15, 0.2) is 0 Å². The maximum atomic E-state index is 11.9. The first kappa shape index (κ1) is 18.2. The van der Waals surface area contributed by atoms with Gasteiger partial charge in [-0.2, -0.15) is 0 Å². The van der Waals surface area contributed by atoms with E-state index in [1.807, 2.05) is 20.8 Å². The monoisotopic (exact) mass is 311 g/mol. The predicted molar refractivity (Wildman–Crippen MR) is 87.3 cm³/mol. The van der Waals surface area contributed by atoms with Crippen LogP contribution in [0.3, 0.4) is 0 Å². The fraction of sp³-hybridized carbons (Fsp3) is 0.667. The molecule has 1 aliphatic rings. The van der Waals surface area contributed by atoms with Crippen LogP contribution in [-0.4, -0.2) is 47.8 Å². The van der Waals surface area contributed by atoms with Gasteiger partial charge in [-0.05, 0) is 39.7 Å². The first-order chi connectivity index (χ1) is 10.1. The van der Waals surface area contributed by atoms with Gasteiger partial charge in [-0.25, -0.2) is 10.6 Å². The number of piperidine rings is 1. The summed E-state index contributed by atoms with van der Waals surface area (Å²) in [6.07, 6.45) is 3.00. The maximum Gasteiger partial charge on any atom is 0.407 e. The minimum absolute atomic E-state index is 0.00355. The number of carbonyl (C=O) groups excluding carboxylic acids is 1. The zero-order valence-electron chi connectivity index (χ0n) is 14.1. The molecule has 0 aromatic heterocycles. The van der Waals surface area contributed by atoms with Gasteiger partial charge < -0.3 is 20.7 Å². The molecule has 0 radical (unpaired) electrons. The van der Waals surface area contributed by atoms with Crippen LogP contribution < -0.4 is 16.9 Å². The van der Waals surface area contributed by atoms with Crippen molar-refractivity contribution in [3.63, 3.8) is 0 Å². The highest BCUT2D eigenvalue weighted by Crippen LogP contribution is 2.18. The molecule has 1 saturated heterocycles. The molecule has 1 aliphatic heterocycles. The molecule has 7 heteroatoms. The lowest BCUT2D eigenvalue weighted by Crippen LogP contribution is -2.51. The molecule has 0 aromatic carbocycles. The molecule has 5 N–H and O–H groups in total. The highest BCUT2D eigenvalue weighted by atomic mass is 16.6. The average Bonchev–Trinajstić information content (AvgIpc) is 2.36. The Balaban J connectivity index is 2.72. The van der Waals surface area contributed by atoms with E-state index in [-0.39, 0.29) is 6.04 Å². The van der Waals surface area contributed by atoms with Crippen LogP contribution in [0, 0.1) is 0 Å². The predicted octanol–water partition coefficient (Wildman–Crippen LogP) is 1.09. The Morgan fingerprint density at radius 2 is 2.14 bits per heavy atom. The fourth-order valence-corrected chi connectivity index (χ4v) is 2.46. The lowest BCUT2D eigenvalue weighted by Gasteiger charge is -2.38. The molecule has 0 spiro atoms. The van der Waals surface area contributed by atoms with Crippen LogP contribution in [0.2, 0.25) is 0 Å². The number of amides is 1. The van der Waals surface area contributed by atoms with E-state index < -0.39 is 11.7 Å². The van der Waals surface area contributed by atoms with Crippen molar-refractivity contribution < 1.29 is 9.53 Å². The second kappa shape index (κ2) is 7.40. The van der Waals surface area contributed by atoms with E-state index in [1.54, 1.807) is 13.1 Å². The number of ether oxygens (including phenoxy) is 1. The van der Waals surface area contributed by atoms with E-state index in [0.29, 0.717) is 18.1 Å². The summed E-state index contributed by atoms with van der Waals surface area (Å²) in [4.78, 5) is 13.9. The average molecular weight is 311 g/mol. The lowest BCUT2D eigenvalue weighted by atomic mass is 10.1. The number of nitrogens with one attached hydrogen (secondary N) is 1. The number of nitrogens with two attached hydrogens (primary N) is 2. The van der Waals surface area contributed by atoms with Crippen molar-refractivity contribution in [2.24, 2.45) is 11.6 Å². The van der Waals surface area contributed by atoms with Crippen LogP contribution in [0.15, 0.2) is 24.2 Å². The van der Waals surface area contributed by atoms with Gasteiger partial charge in [0.2, 0.25) is 0 Å². The second-order valence-corrected chi connectivity index (χ2v) is 6.53. The third kappa shape index (κ3) is 5.48. The van der Waals surface area contributed by atoms with Crippen molar-refractivity contribution >= 4 is 6.09 Å². The Morgan fingerprint density at radius 3 is 2.64 bits per heavy atom. The second-order valence-electron chi connectivity index (χ2n) is 6.53. The molecule has 1 fully saturated rings. The van der Waals surface area contributed by atoms with E-state index in [9.17, 15) is 4.79 Å². The largest absolute Gasteiger partial charge is 0.444 e. The third-order valence-electron chi connectivity index (χ3n) is 3.25. The Hall–Kier alpha value is -1.89. The van der Waals surface area contributed by atoms with Crippen molar-refractivity contribution in [2.45, 2.75) is 45.3 Å². The van der Waals surface area contributed by atoms with E-state index in [1.165, 1.54) is 5.01 Å². The molecule has 0 aliphatic carbocycles. The zero-order valence-corrected chi connectivity index (χ0v) is 14.1. The molecular formula is C15H29N5O2. The topological polar surface area (TPSA) is 96.9 Å². The molecular weight excluding hydrogens is 282 g/mol. The van der Waals surface area contributed by atoms with E-state index in [2.05, 4.69) is 16.8 Å². The SMILES string of the molecule is C=C/C(N)=C(\N(C)N)N1CCC[C@H](NC(=O)OC(C)(C)C)C1. The van der Waals surface area contributed by atoms with Gasteiger partial charge in [0.25, 0.3) is 0 Å². The molecule has 1 heterocycles. The Morgan fingerprint density at radius 1 is 1.50 bits per heavy atom. The number of hydrogen-bond acceptors (Lipinski definition) is 6. The summed E-state index contributed by atoms with van der Waals surface area (Å²) in [6.45, 7) is 10.7. The van der Waals surface area contributed by atoms with Crippen LogP contribution in [-0.2, 0) is 4.74 Å². The summed E-state index contributed by atoms with van der Waals surface area (Å²) in [5, 5.41) is 4.38. The summed E-state index contributed by atoms with van der Waals surface area (Å²) in [6, 6.07) is -0.00355. The normalized spacial score (nSPS) is 20.0. The van der Waals surface area contributed by atoms with Gasteiger partial charge in [0.1, 0.15) is 11.4 Å². The number of rotatable bonds is 4. The van der Waals surface area contributed by atoms with Gasteiger partial charge in [0, 0.05) is 26.2 Å². The van der Waals surface area contributed by atoms with Crippen LogP contribution in [0.5, 0.6) is 0 Å². The Kier molecular flexibility index (Phi) is 6.11. The van der Waals surface area contributed by atoms with Crippen molar-refractivity contribution in [3.8, 4) is 0 Å². The molecule has 1 amide bonds. The number of likely N-dealkylation sites (tertiary alicyclic amines) is 1. The van der Waals surface area contributed by atoms with Crippen molar-refractivity contribution in [2.75, 3.05) is 20.1 Å². The van der Waals surface area contributed by atoms with Gasteiger partial charge >= 0.3 is 6.09 Å². The lowest BCUT2D eigenvalue weighted by molar-refractivity contribution is 0.0473. The summed E-state index contributed by atoms with van der Waals surface area (Å²) in [5.74, 6) is 6.58. The number of hydrogen-bond donors (Lipinski definition) is 3. The quantitative estimate of drug-likeness (QED) is 0.408. The number of carbonyl (C=O) groups is 1. The van der Waals surface area contributed by atoms with Gasteiger partial charge in [-0.3, -0.25) is 5.01 Å². The van der Waals surface area contributed by atoms with Gasteiger partial charge in [-0.1, -0.05) is 6.58 Å². The number of nitrogens with zero attached hydrogens (tertiary/aromatic N) is 2. The smallest absolute Gasteiger partial charge is 0.407 e. The minimum Gasteiger partial charge on any atom is -0.444 e. The van der Waals surface area contributed by atoms with Crippen molar-refractivity contribution in [1.82, 2.24) is 15.2 Å². The standard InChI is InChI=1S/C15H29N5O2/c1-6-12(16)13(19(5)17)20-9-7-8-11(10-20)18-14(21)22-15(2,3)4/h6,11H,1,7-10,16-17H2,2-5H3,(H,18,21)/b13-12-/t11-/m0/s1. The van der Waals surface area contributed by atoms with E-state index >= 15 is 0 Å². The molecule has 0 saturated carbocycles. The van der Waals surface area contributed by atoms with Crippen LogP contribution in [0.1, 0.15) is 33.6 Å². The summed E-state index contributed by atoms with van der Waals surface area (Å²) >= 11 is 0. The van der Waals surface area contributed by atoms with Crippen LogP contribution in [0.25, 0.3) is 0 Å². The Bertz CT molecular complexity index is 440. The van der Waals surface area contributed by atoms with Crippen molar-refractivity contribution in [3.05, 3.63) is 24.2 Å². The number of allylic oxidation sites excluding steroid dienone is 1. The number of alkyl carbamates (subject to hydrolysis) is 1. The molecule has 22 heavy (non-hydrogen) atoms. The maximum absolute atomic E-state index is 11.9. The Labute approximate surface area is 132 Å². The van der Waals surface area contributed by atoms with Gasteiger partial charge in [-0.15, -0.1) is 0 Å². The van der Waals surface area contributed by atoms with Gasteiger partial charge in [0.05, 0.1) is 5.70 Å². The molecule has 7 nitrogen and oxygen atoms in total. The summed E-state index contributed by atoms with van der Waals surface area (Å²) in [5.41, 5.74) is 5.98. The minimum atomic E-state index is -0.506. The third-order valence-corrected chi connectivity index (χ3v) is 3.25. The molecule has 1 atom stereocenters. The molecule has 0 bridgehead atoms. The van der Waals surface area contributed by atoms with Crippen molar-refractivity contribution in [1.29, 1.82) is 0 Å². The molecule has 1 rings (SSSR count). The van der Waals surface area contributed by atoms with E-state index in [4.69, 9.17) is 16.3 Å². The fourth-order valence-electron chi connectivity index (χ4n) is 2.46. The highest BCUT2D eigenvalue weighted by molar-refractivity contribution is 5.68.